The zero-order valence-corrected chi connectivity index (χ0v) is 17.0. The molecule has 6 heteroatoms. The number of carbonyl (C=O) groups is 1. The minimum atomic E-state index is 0.0708. The van der Waals surface area contributed by atoms with Gasteiger partial charge in [0.15, 0.2) is 0 Å². The van der Waals surface area contributed by atoms with E-state index in [1.54, 1.807) is 7.11 Å². The Labute approximate surface area is 172 Å². The molecular weight excluding hydrogens is 366 g/mol. The number of aryl methyl sites for hydroxylation is 1. The van der Waals surface area contributed by atoms with Gasteiger partial charge >= 0.3 is 0 Å². The van der Waals surface area contributed by atoms with Crippen molar-refractivity contribution in [3.63, 3.8) is 0 Å². The topological polar surface area (TPSA) is 54.0 Å². The van der Waals surface area contributed by atoms with Crippen LogP contribution in [0.25, 0.3) is 0 Å². The quantitative estimate of drug-likeness (QED) is 0.730. The first-order valence-electron chi connectivity index (χ1n) is 10.4. The number of amides is 1. The van der Waals surface area contributed by atoms with Gasteiger partial charge in [-0.15, -0.1) is 0 Å². The molecule has 154 valence electrons. The van der Waals surface area contributed by atoms with Crippen LogP contribution in [0.15, 0.2) is 42.5 Å². The standard InChI is InChI=1S/C23H29N3O3/c1-28-20-8-3-2-7-19(20)26-15-13-25(14-16-26)12-5-17-29-21-9-4-6-18-10-11-22(27)24-23(18)21/h2-4,6-9H,5,10-17H2,1H3,(H,24,27). The molecule has 2 aliphatic heterocycles. The van der Waals surface area contributed by atoms with E-state index in [0.717, 1.165) is 68.3 Å². The first-order chi connectivity index (χ1) is 14.2. The number of para-hydroxylation sites is 3. The highest BCUT2D eigenvalue weighted by Crippen LogP contribution is 2.32. The van der Waals surface area contributed by atoms with Gasteiger partial charge in [0.2, 0.25) is 5.91 Å². The third-order valence-corrected chi connectivity index (χ3v) is 5.67. The van der Waals surface area contributed by atoms with E-state index in [-0.39, 0.29) is 5.91 Å². The highest BCUT2D eigenvalue weighted by molar-refractivity contribution is 5.95. The van der Waals surface area contributed by atoms with Crippen LogP contribution in [-0.4, -0.2) is 57.2 Å². The van der Waals surface area contributed by atoms with Gasteiger partial charge < -0.3 is 19.7 Å². The summed E-state index contributed by atoms with van der Waals surface area (Å²) in [5.41, 5.74) is 3.19. The predicted octanol–water partition coefficient (Wildman–Crippen LogP) is 3.17. The number of fused-ring (bicyclic) bond motifs is 1. The molecule has 1 fully saturated rings. The van der Waals surface area contributed by atoms with Crippen molar-refractivity contribution < 1.29 is 14.3 Å². The monoisotopic (exact) mass is 395 g/mol. The molecular formula is C23H29N3O3. The molecule has 6 nitrogen and oxygen atoms in total. The van der Waals surface area contributed by atoms with Gasteiger partial charge in [0.05, 0.1) is 25.1 Å². The third-order valence-electron chi connectivity index (χ3n) is 5.67. The molecule has 0 spiro atoms. The average molecular weight is 396 g/mol. The van der Waals surface area contributed by atoms with Gasteiger partial charge in [-0.3, -0.25) is 9.69 Å². The Morgan fingerprint density at radius 1 is 0.966 bits per heavy atom. The van der Waals surface area contributed by atoms with Crippen LogP contribution in [0.5, 0.6) is 11.5 Å². The summed E-state index contributed by atoms with van der Waals surface area (Å²) in [4.78, 5) is 16.6. The molecule has 2 heterocycles. The number of nitrogens with one attached hydrogen (secondary N) is 1. The molecule has 1 N–H and O–H groups in total. The van der Waals surface area contributed by atoms with E-state index in [1.807, 2.05) is 24.3 Å². The summed E-state index contributed by atoms with van der Waals surface area (Å²) in [6, 6.07) is 14.2. The minimum absolute atomic E-state index is 0.0708. The van der Waals surface area contributed by atoms with Crippen molar-refractivity contribution in [2.24, 2.45) is 0 Å². The summed E-state index contributed by atoms with van der Waals surface area (Å²) in [5.74, 6) is 1.80. The molecule has 1 saturated heterocycles. The Morgan fingerprint density at radius 2 is 1.76 bits per heavy atom. The molecule has 1 amide bonds. The van der Waals surface area contributed by atoms with Crippen molar-refractivity contribution in [2.75, 3.05) is 56.7 Å². The molecule has 0 saturated carbocycles. The number of nitrogens with zero attached hydrogens (tertiary/aromatic N) is 2. The Balaban J connectivity index is 1.22. The molecule has 0 aliphatic carbocycles. The van der Waals surface area contributed by atoms with Crippen LogP contribution in [0.3, 0.4) is 0 Å². The van der Waals surface area contributed by atoms with Crippen LogP contribution < -0.4 is 19.7 Å². The summed E-state index contributed by atoms with van der Waals surface area (Å²) < 4.78 is 11.5. The number of anilines is 2. The number of benzene rings is 2. The molecule has 0 unspecified atom stereocenters. The normalized spacial score (nSPS) is 16.9. The summed E-state index contributed by atoms with van der Waals surface area (Å²) in [6.45, 7) is 5.74. The van der Waals surface area contributed by atoms with E-state index < -0.39 is 0 Å². The minimum Gasteiger partial charge on any atom is -0.495 e. The fourth-order valence-corrected chi connectivity index (χ4v) is 4.07. The summed E-state index contributed by atoms with van der Waals surface area (Å²) in [6.07, 6.45) is 2.30. The predicted molar refractivity (Wildman–Crippen MR) is 115 cm³/mol. The number of rotatable bonds is 7. The summed E-state index contributed by atoms with van der Waals surface area (Å²) in [5, 5.41) is 2.96. The molecule has 0 aromatic heterocycles. The largest absolute Gasteiger partial charge is 0.495 e. The van der Waals surface area contributed by atoms with Crippen LogP contribution in [0.2, 0.25) is 0 Å². The lowest BCUT2D eigenvalue weighted by atomic mass is 10.0. The molecule has 4 rings (SSSR count). The highest BCUT2D eigenvalue weighted by atomic mass is 16.5. The van der Waals surface area contributed by atoms with E-state index >= 15 is 0 Å². The van der Waals surface area contributed by atoms with Crippen LogP contribution >= 0.6 is 0 Å². The van der Waals surface area contributed by atoms with Crippen molar-refractivity contribution >= 4 is 17.3 Å². The average Bonchev–Trinajstić information content (AvgIpc) is 2.77. The maximum absolute atomic E-state index is 11.7. The molecule has 2 aliphatic rings. The Bertz CT molecular complexity index is 847. The van der Waals surface area contributed by atoms with Crippen molar-refractivity contribution in [2.45, 2.75) is 19.3 Å². The van der Waals surface area contributed by atoms with Gasteiger partial charge in [0.25, 0.3) is 0 Å². The maximum atomic E-state index is 11.7. The van der Waals surface area contributed by atoms with Crippen molar-refractivity contribution in [3.05, 3.63) is 48.0 Å². The Kier molecular flexibility index (Phi) is 6.20. The van der Waals surface area contributed by atoms with Crippen LogP contribution in [0.1, 0.15) is 18.4 Å². The SMILES string of the molecule is COc1ccccc1N1CCN(CCCOc2cccc3c2NC(=O)CC3)CC1. The number of ether oxygens (including phenoxy) is 2. The Hall–Kier alpha value is -2.73. The third kappa shape index (κ3) is 4.65. The first kappa shape index (κ1) is 19.6. The van der Waals surface area contributed by atoms with Crippen molar-refractivity contribution in [1.29, 1.82) is 0 Å². The van der Waals surface area contributed by atoms with Crippen LogP contribution in [0.4, 0.5) is 11.4 Å². The smallest absolute Gasteiger partial charge is 0.224 e. The van der Waals surface area contributed by atoms with E-state index in [0.29, 0.717) is 13.0 Å². The zero-order valence-electron chi connectivity index (χ0n) is 17.0. The summed E-state index contributed by atoms with van der Waals surface area (Å²) >= 11 is 0. The Morgan fingerprint density at radius 3 is 2.59 bits per heavy atom. The fraction of sp³-hybridized carbons (Fsp3) is 0.435. The lowest BCUT2D eigenvalue weighted by Crippen LogP contribution is -2.46. The number of hydrogen-bond donors (Lipinski definition) is 1. The molecule has 0 radical (unpaired) electrons. The fourth-order valence-electron chi connectivity index (χ4n) is 4.07. The van der Waals surface area contributed by atoms with Gasteiger partial charge in [-0.05, 0) is 36.6 Å². The van der Waals surface area contributed by atoms with E-state index in [4.69, 9.17) is 9.47 Å². The highest BCUT2D eigenvalue weighted by Gasteiger charge is 2.20. The second-order valence-corrected chi connectivity index (χ2v) is 7.54. The number of hydrogen-bond acceptors (Lipinski definition) is 5. The number of piperazine rings is 1. The first-order valence-corrected chi connectivity index (χ1v) is 10.4. The van der Waals surface area contributed by atoms with Gasteiger partial charge in [-0.25, -0.2) is 0 Å². The molecule has 2 aromatic carbocycles. The molecule has 0 bridgehead atoms. The second-order valence-electron chi connectivity index (χ2n) is 7.54. The van der Waals surface area contributed by atoms with E-state index in [2.05, 4.69) is 33.3 Å². The maximum Gasteiger partial charge on any atom is 0.224 e. The van der Waals surface area contributed by atoms with E-state index in [9.17, 15) is 4.79 Å². The number of carbonyl (C=O) groups excluding carboxylic acids is 1. The van der Waals surface area contributed by atoms with Crippen LogP contribution in [0, 0.1) is 0 Å². The van der Waals surface area contributed by atoms with Gasteiger partial charge in [-0.1, -0.05) is 24.3 Å². The second kappa shape index (κ2) is 9.18. The lowest BCUT2D eigenvalue weighted by molar-refractivity contribution is -0.116. The molecule has 29 heavy (non-hydrogen) atoms. The summed E-state index contributed by atoms with van der Waals surface area (Å²) in [7, 11) is 1.73. The van der Waals surface area contributed by atoms with Gasteiger partial charge in [-0.2, -0.15) is 0 Å². The lowest BCUT2D eigenvalue weighted by Gasteiger charge is -2.36. The van der Waals surface area contributed by atoms with Crippen LogP contribution in [-0.2, 0) is 11.2 Å². The van der Waals surface area contributed by atoms with Gasteiger partial charge in [0.1, 0.15) is 11.5 Å². The zero-order chi connectivity index (χ0) is 20.1. The molecule has 2 aromatic rings. The molecule has 0 atom stereocenters. The number of methoxy groups -OCH3 is 1. The van der Waals surface area contributed by atoms with E-state index in [1.165, 1.54) is 5.69 Å². The van der Waals surface area contributed by atoms with Gasteiger partial charge in [0, 0.05) is 39.1 Å². The van der Waals surface area contributed by atoms with Crippen molar-refractivity contribution in [1.82, 2.24) is 4.90 Å². The van der Waals surface area contributed by atoms with Crippen molar-refractivity contribution in [3.8, 4) is 11.5 Å².